The fourth-order valence-electron chi connectivity index (χ4n) is 3.47. The first-order chi connectivity index (χ1) is 14.0. The lowest BCUT2D eigenvalue weighted by molar-refractivity contribution is 0.220. The molecule has 4 rings (SSSR count). The van der Waals surface area contributed by atoms with Crippen molar-refractivity contribution in [2.24, 2.45) is 5.10 Å². The normalized spacial score (nSPS) is 16.2. The highest BCUT2D eigenvalue weighted by molar-refractivity contribution is 6.02. The van der Waals surface area contributed by atoms with Gasteiger partial charge in [0.15, 0.2) is 12.0 Å². The maximum atomic E-state index is 5.04. The number of anilines is 1. The van der Waals surface area contributed by atoms with Crippen LogP contribution in [0.1, 0.15) is 31.9 Å². The van der Waals surface area contributed by atoms with Crippen LogP contribution in [0.3, 0.4) is 0 Å². The zero-order chi connectivity index (χ0) is 20.3. The summed E-state index contributed by atoms with van der Waals surface area (Å²) in [6.45, 7) is 6.62. The second-order valence-corrected chi connectivity index (χ2v) is 8.02. The van der Waals surface area contributed by atoms with Crippen molar-refractivity contribution in [3.63, 3.8) is 0 Å². The van der Waals surface area contributed by atoms with E-state index >= 15 is 0 Å². The van der Waals surface area contributed by atoms with E-state index in [1.165, 1.54) is 0 Å². The molecule has 0 amide bonds. The van der Waals surface area contributed by atoms with Crippen LogP contribution in [0.5, 0.6) is 0 Å². The molecule has 3 aromatic rings. The van der Waals surface area contributed by atoms with E-state index in [9.17, 15) is 0 Å². The number of para-hydroxylation sites is 1. The molecular weight excluding hydrogens is 354 g/mol. The Morgan fingerprint density at radius 3 is 1.90 bits per heavy atom. The van der Waals surface area contributed by atoms with Crippen LogP contribution in [-0.2, 0) is 0 Å². The molecule has 0 aliphatic carbocycles. The molecule has 0 saturated carbocycles. The second-order valence-electron chi connectivity index (χ2n) is 8.02. The summed E-state index contributed by atoms with van der Waals surface area (Å²) in [5, 5.41) is 7.07. The third-order valence-electron chi connectivity index (χ3n) is 4.80. The highest BCUT2D eigenvalue weighted by atomic mass is 15.6. The van der Waals surface area contributed by atoms with Crippen LogP contribution in [0.25, 0.3) is 0 Å². The molecule has 0 bridgehead atoms. The molecule has 1 aliphatic rings. The molecule has 3 nitrogen and oxygen atoms in total. The summed E-state index contributed by atoms with van der Waals surface area (Å²) >= 11 is 0. The Hall–Kier alpha value is -3.51. The summed E-state index contributed by atoms with van der Waals surface area (Å²) in [6.07, 6.45) is -0.201. The molecule has 0 radical (unpaired) electrons. The van der Waals surface area contributed by atoms with Gasteiger partial charge < -0.3 is 4.90 Å². The summed E-state index contributed by atoms with van der Waals surface area (Å²) in [6, 6.07) is 30.7. The van der Waals surface area contributed by atoms with Crippen molar-refractivity contribution in [2.75, 3.05) is 5.01 Å². The third-order valence-corrected chi connectivity index (χ3v) is 4.80. The summed E-state index contributed by atoms with van der Waals surface area (Å²) in [7, 11) is 0. The van der Waals surface area contributed by atoms with E-state index in [1.807, 2.05) is 59.6 Å². The van der Waals surface area contributed by atoms with Crippen molar-refractivity contribution in [1.29, 1.82) is 0 Å². The number of amidine groups is 1. The molecule has 0 saturated heterocycles. The topological polar surface area (TPSA) is 18.8 Å². The second kappa shape index (κ2) is 7.85. The maximum absolute atomic E-state index is 5.04. The first-order valence-corrected chi connectivity index (χ1v) is 9.88. The smallest absolute Gasteiger partial charge is 0.188 e. The van der Waals surface area contributed by atoms with E-state index < -0.39 is 0 Å². The summed E-state index contributed by atoms with van der Waals surface area (Å²) in [4.78, 5) is 2.31. The molecule has 1 unspecified atom stereocenters. The molecule has 3 heteroatoms. The predicted molar refractivity (Wildman–Crippen MR) is 121 cm³/mol. The van der Waals surface area contributed by atoms with E-state index in [0.717, 1.165) is 22.6 Å². The largest absolute Gasteiger partial charge is 0.317 e. The molecule has 1 atom stereocenters. The maximum Gasteiger partial charge on any atom is 0.188 e. The van der Waals surface area contributed by atoms with Crippen LogP contribution in [0.4, 0.5) is 5.69 Å². The van der Waals surface area contributed by atoms with E-state index in [-0.39, 0.29) is 11.7 Å². The Balaban J connectivity index is 1.84. The molecule has 0 aromatic heterocycles. The van der Waals surface area contributed by atoms with Crippen LogP contribution in [-0.4, -0.2) is 22.4 Å². The molecular formula is C26H25N3. The molecule has 0 N–H and O–H groups in total. The highest BCUT2D eigenvalue weighted by Crippen LogP contribution is 2.32. The van der Waals surface area contributed by atoms with E-state index in [1.54, 1.807) is 0 Å². The van der Waals surface area contributed by atoms with E-state index in [4.69, 9.17) is 5.10 Å². The van der Waals surface area contributed by atoms with Gasteiger partial charge in [-0.2, -0.15) is 5.10 Å². The van der Waals surface area contributed by atoms with Crippen molar-refractivity contribution < 1.29 is 0 Å². The van der Waals surface area contributed by atoms with Crippen LogP contribution in [0.15, 0.2) is 96.1 Å². The number of hydrazone groups is 1. The summed E-state index contributed by atoms with van der Waals surface area (Å²) < 4.78 is 0. The molecule has 29 heavy (non-hydrogen) atoms. The van der Waals surface area contributed by atoms with Gasteiger partial charge in [-0.25, -0.2) is 5.01 Å². The quantitative estimate of drug-likeness (QED) is 0.559. The standard InChI is InChI=1S/C26H25N3/c1-26(2,3)28-24(20-19-21-13-7-4-8-14-21)29(23-17-11-6-12-18-23)27-25(28)22-15-9-5-10-16-22/h4-18,24H,1-3H3. The van der Waals surface area contributed by atoms with Gasteiger partial charge in [-0.15, -0.1) is 0 Å². The van der Waals surface area contributed by atoms with Crippen LogP contribution < -0.4 is 5.01 Å². The lowest BCUT2D eigenvalue weighted by Crippen LogP contribution is -2.51. The Labute approximate surface area is 173 Å². The lowest BCUT2D eigenvalue weighted by Gasteiger charge is -2.38. The minimum atomic E-state index is -0.201. The van der Waals surface area contributed by atoms with Crippen molar-refractivity contribution in [3.8, 4) is 11.8 Å². The fourth-order valence-corrected chi connectivity index (χ4v) is 3.47. The first-order valence-electron chi connectivity index (χ1n) is 9.88. The minimum absolute atomic E-state index is 0.158. The average Bonchev–Trinajstić information content (AvgIpc) is 3.14. The minimum Gasteiger partial charge on any atom is -0.317 e. The van der Waals surface area contributed by atoms with E-state index in [0.29, 0.717) is 0 Å². The van der Waals surface area contributed by atoms with Crippen LogP contribution in [0.2, 0.25) is 0 Å². The first kappa shape index (κ1) is 18.8. The Morgan fingerprint density at radius 2 is 1.31 bits per heavy atom. The zero-order valence-corrected chi connectivity index (χ0v) is 17.1. The van der Waals surface area contributed by atoms with Crippen molar-refractivity contribution in [2.45, 2.75) is 32.5 Å². The Bertz CT molecular complexity index is 1040. The number of nitrogens with zero attached hydrogens (tertiary/aromatic N) is 3. The van der Waals surface area contributed by atoms with Crippen molar-refractivity contribution in [3.05, 3.63) is 102 Å². The molecule has 1 aliphatic heterocycles. The molecule has 0 spiro atoms. The SMILES string of the molecule is CC(C)(C)N1C(c2ccccc2)=NN(c2ccccc2)C1C#Cc1ccccc1. The molecule has 0 fully saturated rings. The molecule has 3 aromatic carbocycles. The monoisotopic (exact) mass is 379 g/mol. The zero-order valence-electron chi connectivity index (χ0n) is 17.1. The number of hydrogen-bond acceptors (Lipinski definition) is 3. The third kappa shape index (κ3) is 4.02. The van der Waals surface area contributed by atoms with Crippen LogP contribution in [0, 0.1) is 11.8 Å². The van der Waals surface area contributed by atoms with Gasteiger partial charge in [-0.1, -0.05) is 72.7 Å². The van der Waals surface area contributed by atoms with E-state index in [2.05, 4.69) is 73.9 Å². The number of benzene rings is 3. The Morgan fingerprint density at radius 1 is 0.759 bits per heavy atom. The van der Waals surface area contributed by atoms with Gasteiger partial charge in [0.25, 0.3) is 0 Å². The van der Waals surface area contributed by atoms with Gasteiger partial charge in [0.05, 0.1) is 5.69 Å². The average molecular weight is 380 g/mol. The highest BCUT2D eigenvalue weighted by Gasteiger charge is 2.40. The summed E-state index contributed by atoms with van der Waals surface area (Å²) in [5.41, 5.74) is 2.96. The molecule has 144 valence electrons. The van der Waals surface area contributed by atoms with Crippen LogP contribution >= 0.6 is 0 Å². The van der Waals surface area contributed by atoms with Gasteiger partial charge in [-0.05, 0) is 51.0 Å². The molecule has 1 heterocycles. The van der Waals surface area contributed by atoms with Crippen molar-refractivity contribution in [1.82, 2.24) is 4.90 Å². The summed E-state index contributed by atoms with van der Waals surface area (Å²) in [5.74, 6) is 7.78. The number of rotatable bonds is 2. The van der Waals surface area contributed by atoms with Crippen molar-refractivity contribution >= 4 is 11.5 Å². The van der Waals surface area contributed by atoms with Gasteiger partial charge in [-0.3, -0.25) is 0 Å². The lowest BCUT2D eigenvalue weighted by atomic mass is 10.0. The van der Waals surface area contributed by atoms with Gasteiger partial charge >= 0.3 is 0 Å². The van der Waals surface area contributed by atoms with Gasteiger partial charge in [0.1, 0.15) is 0 Å². The van der Waals surface area contributed by atoms with Gasteiger partial charge in [0, 0.05) is 16.7 Å². The number of hydrogen-bond donors (Lipinski definition) is 0. The fraction of sp³-hybridized carbons (Fsp3) is 0.192. The van der Waals surface area contributed by atoms with Gasteiger partial charge in [0.2, 0.25) is 0 Å². The predicted octanol–water partition coefficient (Wildman–Crippen LogP) is 5.35. The Kier molecular flexibility index (Phi) is 5.10.